The number of hydrogen-bond acceptors (Lipinski definition) is 7. The van der Waals surface area contributed by atoms with Crippen molar-refractivity contribution in [1.82, 2.24) is 9.55 Å². The molecular weight excluding hydrogens is 376 g/mol. The highest BCUT2D eigenvalue weighted by Crippen LogP contribution is 2.27. The van der Waals surface area contributed by atoms with E-state index in [9.17, 15) is 19.5 Å². The van der Waals surface area contributed by atoms with Gasteiger partial charge in [-0.25, -0.2) is 9.59 Å². The fraction of sp³-hybridized carbons (Fsp3) is 0.462. The molecular formula is C13H15BrN2O7. The third kappa shape index (κ3) is 4.09. The molecule has 23 heavy (non-hydrogen) atoms. The van der Waals surface area contributed by atoms with E-state index in [2.05, 4.69) is 25.7 Å². The van der Waals surface area contributed by atoms with Gasteiger partial charge in [-0.05, 0) is 11.1 Å². The lowest BCUT2D eigenvalue weighted by molar-refractivity contribution is -0.0567. The Morgan fingerprint density at radius 2 is 2.35 bits per heavy atom. The Morgan fingerprint density at radius 1 is 1.61 bits per heavy atom. The second-order valence-electron chi connectivity index (χ2n) is 4.74. The molecule has 0 aromatic carbocycles. The Hall–Kier alpha value is -1.91. The predicted octanol–water partition coefficient (Wildman–Crippen LogP) is 0.334. The van der Waals surface area contributed by atoms with Crippen molar-refractivity contribution < 1.29 is 24.1 Å². The molecule has 2 rings (SSSR count). The number of aliphatic hydroxyl groups is 1. The molecule has 0 saturated carbocycles. The van der Waals surface area contributed by atoms with E-state index in [1.165, 1.54) is 21.8 Å². The minimum atomic E-state index is -0.932. The van der Waals surface area contributed by atoms with Gasteiger partial charge in [-0.1, -0.05) is 15.9 Å². The van der Waals surface area contributed by atoms with Gasteiger partial charge in [0, 0.05) is 12.6 Å². The van der Waals surface area contributed by atoms with Gasteiger partial charge in [-0.15, -0.1) is 0 Å². The first-order valence-corrected chi connectivity index (χ1v) is 7.54. The van der Waals surface area contributed by atoms with Crippen molar-refractivity contribution in [2.45, 2.75) is 24.9 Å². The summed E-state index contributed by atoms with van der Waals surface area (Å²) in [4.78, 5) is 38.1. The zero-order valence-electron chi connectivity index (χ0n) is 12.1. The van der Waals surface area contributed by atoms with E-state index in [-0.39, 0.29) is 18.6 Å². The van der Waals surface area contributed by atoms with Crippen LogP contribution in [0.5, 0.6) is 0 Å². The maximum atomic E-state index is 11.9. The van der Waals surface area contributed by atoms with Crippen molar-refractivity contribution in [3.63, 3.8) is 0 Å². The Kier molecular flexibility index (Phi) is 5.74. The second-order valence-corrected chi connectivity index (χ2v) is 5.27. The number of nitrogens with zero attached hydrogens (tertiary/aromatic N) is 1. The van der Waals surface area contributed by atoms with Crippen molar-refractivity contribution in [3.05, 3.63) is 37.6 Å². The van der Waals surface area contributed by atoms with Crippen LogP contribution in [0, 0.1) is 0 Å². The minimum absolute atomic E-state index is 0.110. The Morgan fingerprint density at radius 3 is 3.00 bits per heavy atom. The highest BCUT2D eigenvalue weighted by atomic mass is 79.9. The molecule has 0 bridgehead atoms. The van der Waals surface area contributed by atoms with Crippen LogP contribution < -0.4 is 11.2 Å². The van der Waals surface area contributed by atoms with Gasteiger partial charge in [0.1, 0.15) is 18.9 Å². The molecule has 1 aromatic rings. The molecule has 3 atom stereocenters. The van der Waals surface area contributed by atoms with Crippen LogP contribution in [-0.2, 0) is 14.2 Å². The molecule has 0 aliphatic carbocycles. The van der Waals surface area contributed by atoms with Crippen LogP contribution in [-0.4, -0.2) is 46.7 Å². The van der Waals surface area contributed by atoms with Gasteiger partial charge >= 0.3 is 11.8 Å². The van der Waals surface area contributed by atoms with E-state index < -0.39 is 35.8 Å². The van der Waals surface area contributed by atoms with Gasteiger partial charge in [-0.2, -0.15) is 0 Å². The third-order valence-corrected chi connectivity index (χ3v) is 3.55. The van der Waals surface area contributed by atoms with E-state index in [4.69, 9.17) is 9.47 Å². The van der Waals surface area contributed by atoms with E-state index in [0.29, 0.717) is 0 Å². The fourth-order valence-electron chi connectivity index (χ4n) is 2.15. The maximum absolute atomic E-state index is 11.9. The summed E-state index contributed by atoms with van der Waals surface area (Å²) in [6.07, 6.45) is -0.499. The first-order valence-electron chi connectivity index (χ1n) is 6.62. The van der Waals surface area contributed by atoms with E-state index in [1.807, 2.05) is 0 Å². The summed E-state index contributed by atoms with van der Waals surface area (Å²) >= 11 is 3.05. The first kappa shape index (κ1) is 17.4. The van der Waals surface area contributed by atoms with Gasteiger partial charge < -0.3 is 19.3 Å². The topological polar surface area (TPSA) is 120 Å². The molecule has 0 unspecified atom stereocenters. The molecule has 9 nitrogen and oxygen atoms in total. The Balaban J connectivity index is 2.17. The highest BCUT2D eigenvalue weighted by Gasteiger charge is 2.36. The second kappa shape index (κ2) is 7.57. The lowest BCUT2D eigenvalue weighted by Gasteiger charge is -2.16. The van der Waals surface area contributed by atoms with Crippen LogP contribution in [0.4, 0.5) is 4.79 Å². The number of rotatable bonds is 4. The molecule has 1 aliphatic rings. The summed E-state index contributed by atoms with van der Waals surface area (Å²) in [5.74, 6) is 0. The van der Waals surface area contributed by atoms with Crippen LogP contribution in [0.25, 0.3) is 6.08 Å². The lowest BCUT2D eigenvalue weighted by Crippen LogP contribution is -2.33. The molecule has 126 valence electrons. The minimum Gasteiger partial charge on any atom is -0.438 e. The average Bonchev–Trinajstić information content (AvgIpc) is 2.88. The van der Waals surface area contributed by atoms with E-state index in [1.54, 1.807) is 0 Å². The summed E-state index contributed by atoms with van der Waals surface area (Å²) < 4.78 is 15.8. The van der Waals surface area contributed by atoms with Gasteiger partial charge in [-0.3, -0.25) is 14.3 Å². The third-order valence-electron chi connectivity index (χ3n) is 3.28. The number of aromatic nitrogens is 2. The number of nitrogens with one attached hydrogen (secondary N) is 1. The maximum Gasteiger partial charge on any atom is 0.508 e. The number of aliphatic hydroxyl groups excluding tert-OH is 1. The summed E-state index contributed by atoms with van der Waals surface area (Å²) in [5.41, 5.74) is -0.951. The van der Waals surface area contributed by atoms with Gasteiger partial charge in [0.25, 0.3) is 5.56 Å². The predicted molar refractivity (Wildman–Crippen MR) is 82.2 cm³/mol. The Labute approximate surface area is 138 Å². The smallest absolute Gasteiger partial charge is 0.438 e. The standard InChI is InChI=1S/C13H15BrN2O7/c1-21-13(20)22-6-9-8(17)4-10(23-9)16-5-7(2-3-14)11(18)15-12(16)19/h2-3,5,8-10,17H,4,6H2,1H3,(H,15,18,19)/t8-,9+,10+/m0/s1. The largest absolute Gasteiger partial charge is 0.508 e. The number of carbonyl (C=O) groups is 1. The Bertz CT molecular complexity index is 711. The van der Waals surface area contributed by atoms with E-state index in [0.717, 1.165) is 7.11 Å². The summed E-state index contributed by atoms with van der Waals surface area (Å²) in [6.45, 7) is -0.212. The average molecular weight is 391 g/mol. The quantitative estimate of drug-likeness (QED) is 0.710. The molecule has 2 N–H and O–H groups in total. The number of hydrogen-bond donors (Lipinski definition) is 2. The molecule has 2 heterocycles. The van der Waals surface area contributed by atoms with Crippen LogP contribution in [0.1, 0.15) is 18.2 Å². The van der Waals surface area contributed by atoms with Crippen LogP contribution >= 0.6 is 15.9 Å². The molecule has 1 fully saturated rings. The number of halogens is 1. The lowest BCUT2D eigenvalue weighted by atomic mass is 10.2. The zero-order valence-corrected chi connectivity index (χ0v) is 13.7. The van der Waals surface area contributed by atoms with Gasteiger partial charge in [0.15, 0.2) is 0 Å². The van der Waals surface area contributed by atoms with Crippen LogP contribution in [0.15, 0.2) is 20.8 Å². The molecule has 0 radical (unpaired) electrons. The van der Waals surface area contributed by atoms with Gasteiger partial charge in [0.05, 0.1) is 18.8 Å². The number of H-pyrrole nitrogens is 1. The first-order chi connectivity index (χ1) is 11.0. The number of methoxy groups -OCH3 is 1. The summed E-state index contributed by atoms with van der Waals surface area (Å²) in [5, 5.41) is 9.96. The summed E-state index contributed by atoms with van der Waals surface area (Å²) in [6, 6.07) is 0. The van der Waals surface area contributed by atoms with Crippen molar-refractivity contribution in [2.75, 3.05) is 13.7 Å². The number of ether oxygens (including phenoxy) is 3. The molecule has 10 heteroatoms. The van der Waals surface area contributed by atoms with Crippen molar-refractivity contribution in [1.29, 1.82) is 0 Å². The van der Waals surface area contributed by atoms with Crippen molar-refractivity contribution in [2.24, 2.45) is 0 Å². The highest BCUT2D eigenvalue weighted by molar-refractivity contribution is 9.11. The number of carbonyl (C=O) groups excluding carboxylic acids is 1. The van der Waals surface area contributed by atoms with Crippen molar-refractivity contribution >= 4 is 28.2 Å². The molecule has 1 aromatic heterocycles. The van der Waals surface area contributed by atoms with Crippen LogP contribution in [0.2, 0.25) is 0 Å². The van der Waals surface area contributed by atoms with Crippen molar-refractivity contribution in [3.8, 4) is 0 Å². The molecule has 0 spiro atoms. The van der Waals surface area contributed by atoms with E-state index >= 15 is 0 Å². The zero-order chi connectivity index (χ0) is 17.0. The molecule has 1 aliphatic heterocycles. The fourth-order valence-corrected chi connectivity index (χ4v) is 2.43. The monoisotopic (exact) mass is 390 g/mol. The molecule has 1 saturated heterocycles. The van der Waals surface area contributed by atoms with Crippen LogP contribution in [0.3, 0.4) is 0 Å². The molecule has 0 amide bonds. The van der Waals surface area contributed by atoms with Gasteiger partial charge in [0.2, 0.25) is 0 Å². The SMILES string of the molecule is COC(=O)OC[C@H]1O[C@@H](n2cc(C=CBr)c(=O)[nH]c2=O)C[C@@H]1O. The summed E-state index contributed by atoms with van der Waals surface area (Å²) in [7, 11) is 1.16. The number of aromatic amines is 1. The normalized spacial score (nSPS) is 24.0.